The van der Waals surface area contributed by atoms with Crippen LogP contribution >= 0.6 is 0 Å². The second kappa shape index (κ2) is 1.95. The predicted octanol–water partition coefficient (Wildman–Crippen LogP) is 0.496. The molecule has 0 aliphatic heterocycles. The lowest BCUT2D eigenvalue weighted by atomic mass is 9.43. The van der Waals surface area contributed by atoms with Crippen molar-refractivity contribution in [1.82, 2.24) is 0 Å². The molecule has 10 heavy (non-hydrogen) atoms. The van der Waals surface area contributed by atoms with Crippen molar-refractivity contribution in [3.63, 3.8) is 0 Å². The van der Waals surface area contributed by atoms with E-state index < -0.39 is 0 Å². The van der Waals surface area contributed by atoms with Crippen molar-refractivity contribution in [3.8, 4) is 0 Å². The number of rotatable bonds is 3. The number of aliphatic hydroxyl groups excluding tert-OH is 1. The van der Waals surface area contributed by atoms with Gasteiger partial charge in [-0.15, -0.1) is 0 Å². The van der Waals surface area contributed by atoms with Crippen LogP contribution in [0.25, 0.3) is 0 Å². The van der Waals surface area contributed by atoms with Gasteiger partial charge in [0.15, 0.2) is 0 Å². The first-order chi connectivity index (χ1) is 4.74. The Kier molecular flexibility index (Phi) is 1.29. The first kappa shape index (κ1) is 6.62. The Balaban J connectivity index is 1.79. The van der Waals surface area contributed by atoms with Gasteiger partial charge in [-0.3, -0.25) is 0 Å². The summed E-state index contributed by atoms with van der Waals surface area (Å²) in [5.41, 5.74) is 6.25. The molecule has 0 heterocycles. The Morgan fingerprint density at radius 2 is 2.10 bits per heavy atom. The molecule has 3 saturated carbocycles. The molecule has 0 aromatic rings. The summed E-state index contributed by atoms with van der Waals surface area (Å²) in [6.45, 7) is 0.159. The van der Waals surface area contributed by atoms with Crippen LogP contribution in [0.2, 0.25) is 0 Å². The lowest BCUT2D eigenvalue weighted by Crippen LogP contribution is -2.54. The van der Waals surface area contributed by atoms with Crippen LogP contribution in [0.4, 0.5) is 0 Å². The predicted molar refractivity (Wildman–Crippen MR) is 39.5 cm³/mol. The third kappa shape index (κ3) is 0.789. The Morgan fingerprint density at radius 1 is 1.50 bits per heavy atom. The number of aliphatic hydroxyl groups is 1. The molecule has 0 spiro atoms. The smallest absolute Gasteiger partial charge is 0.0582 e. The van der Waals surface area contributed by atoms with E-state index in [-0.39, 0.29) is 12.6 Å². The van der Waals surface area contributed by atoms with Crippen LogP contribution < -0.4 is 5.73 Å². The van der Waals surface area contributed by atoms with Crippen LogP contribution in [-0.2, 0) is 0 Å². The topological polar surface area (TPSA) is 46.2 Å². The van der Waals surface area contributed by atoms with Crippen LogP contribution in [-0.4, -0.2) is 17.8 Å². The van der Waals surface area contributed by atoms with Gasteiger partial charge in [0.1, 0.15) is 0 Å². The highest BCUT2D eigenvalue weighted by Gasteiger charge is 2.56. The molecule has 3 fully saturated rings. The maximum absolute atomic E-state index is 8.71. The molecule has 0 amide bonds. The highest BCUT2D eigenvalue weighted by molar-refractivity contribution is 5.07. The van der Waals surface area contributed by atoms with Gasteiger partial charge in [-0.1, -0.05) is 0 Å². The van der Waals surface area contributed by atoms with Gasteiger partial charge in [-0.25, -0.2) is 0 Å². The minimum Gasteiger partial charge on any atom is -0.395 e. The SMILES string of the molecule is N[C@H](CO)CC12CC(C1)C2. The fourth-order valence-corrected chi connectivity index (χ4v) is 2.53. The largest absolute Gasteiger partial charge is 0.395 e. The fraction of sp³-hybridized carbons (Fsp3) is 1.00. The summed E-state index contributed by atoms with van der Waals surface area (Å²) in [6, 6.07) is 0.0428. The first-order valence-corrected chi connectivity index (χ1v) is 4.11. The Hall–Kier alpha value is -0.0800. The van der Waals surface area contributed by atoms with Crippen molar-refractivity contribution in [2.75, 3.05) is 6.61 Å². The van der Waals surface area contributed by atoms with Crippen molar-refractivity contribution < 1.29 is 5.11 Å². The third-order valence-electron chi connectivity index (χ3n) is 3.09. The minimum atomic E-state index is 0.0428. The van der Waals surface area contributed by atoms with Gasteiger partial charge in [0, 0.05) is 6.04 Å². The average molecular weight is 141 g/mol. The van der Waals surface area contributed by atoms with Crippen LogP contribution in [0.1, 0.15) is 25.7 Å². The third-order valence-corrected chi connectivity index (χ3v) is 3.09. The number of hydrogen-bond donors (Lipinski definition) is 2. The van der Waals surface area contributed by atoms with Crippen molar-refractivity contribution in [3.05, 3.63) is 0 Å². The zero-order valence-corrected chi connectivity index (χ0v) is 6.21. The molecule has 3 aliphatic rings. The van der Waals surface area contributed by atoms with Crippen molar-refractivity contribution >= 4 is 0 Å². The van der Waals surface area contributed by atoms with Gasteiger partial charge >= 0.3 is 0 Å². The molecule has 3 aliphatic carbocycles. The number of hydrogen-bond acceptors (Lipinski definition) is 2. The molecule has 0 saturated heterocycles. The summed E-state index contributed by atoms with van der Waals surface area (Å²) in [5, 5.41) is 8.71. The fourth-order valence-electron chi connectivity index (χ4n) is 2.53. The second-order valence-corrected chi connectivity index (χ2v) is 4.13. The standard InChI is InChI=1S/C8H15NO/c9-7(5-10)4-8-1-6(2-8)3-8/h6-7,10H,1-5,9H2/t6?,7-,8?/m0/s1. The molecule has 3 N–H and O–H groups in total. The number of nitrogens with two attached hydrogens (primary N) is 1. The van der Waals surface area contributed by atoms with Gasteiger partial charge in [0.25, 0.3) is 0 Å². The zero-order valence-electron chi connectivity index (χ0n) is 6.21. The van der Waals surface area contributed by atoms with Crippen molar-refractivity contribution in [1.29, 1.82) is 0 Å². The maximum Gasteiger partial charge on any atom is 0.0582 e. The van der Waals surface area contributed by atoms with E-state index in [9.17, 15) is 0 Å². The molecule has 1 atom stereocenters. The van der Waals surface area contributed by atoms with E-state index in [4.69, 9.17) is 10.8 Å². The van der Waals surface area contributed by atoms with Crippen molar-refractivity contribution in [2.24, 2.45) is 17.1 Å². The summed E-state index contributed by atoms with van der Waals surface area (Å²) >= 11 is 0. The van der Waals surface area contributed by atoms with E-state index in [0.717, 1.165) is 12.3 Å². The molecule has 0 aromatic heterocycles. The van der Waals surface area contributed by atoms with Gasteiger partial charge in [0.2, 0.25) is 0 Å². The summed E-state index contributed by atoms with van der Waals surface area (Å²) in [7, 11) is 0. The van der Waals surface area contributed by atoms with Gasteiger partial charge in [0.05, 0.1) is 6.61 Å². The summed E-state index contributed by atoms with van der Waals surface area (Å²) < 4.78 is 0. The lowest BCUT2D eigenvalue weighted by molar-refractivity contribution is -0.118. The van der Waals surface area contributed by atoms with Crippen molar-refractivity contribution in [2.45, 2.75) is 31.7 Å². The lowest BCUT2D eigenvalue weighted by Gasteiger charge is -2.63. The first-order valence-electron chi connectivity index (χ1n) is 4.11. The monoisotopic (exact) mass is 141 g/mol. The van der Waals surface area contributed by atoms with Gasteiger partial charge in [-0.2, -0.15) is 0 Å². The second-order valence-electron chi connectivity index (χ2n) is 4.13. The summed E-state index contributed by atoms with van der Waals surface area (Å²) in [5.74, 6) is 1.03. The molecule has 2 nitrogen and oxygen atoms in total. The van der Waals surface area contributed by atoms with E-state index in [2.05, 4.69) is 0 Å². The average Bonchev–Trinajstić information content (AvgIpc) is 1.75. The highest BCUT2D eigenvalue weighted by atomic mass is 16.3. The highest BCUT2D eigenvalue weighted by Crippen LogP contribution is 2.66. The summed E-state index contributed by atoms with van der Waals surface area (Å²) in [4.78, 5) is 0. The Morgan fingerprint density at radius 3 is 2.40 bits per heavy atom. The molecule has 2 bridgehead atoms. The Bertz CT molecular complexity index is 129. The molecule has 2 heteroatoms. The van der Waals surface area contributed by atoms with Crippen LogP contribution in [0.5, 0.6) is 0 Å². The zero-order chi connectivity index (χ0) is 7.19. The molecular formula is C8H15NO. The van der Waals surface area contributed by atoms with Gasteiger partial charge in [-0.05, 0) is 37.0 Å². The van der Waals surface area contributed by atoms with Crippen LogP contribution in [0.15, 0.2) is 0 Å². The van der Waals surface area contributed by atoms with Crippen LogP contribution in [0, 0.1) is 11.3 Å². The molecule has 3 rings (SSSR count). The van der Waals surface area contributed by atoms with E-state index in [1.165, 1.54) is 19.3 Å². The minimum absolute atomic E-state index is 0.0428. The molecule has 0 aromatic carbocycles. The molecule has 0 radical (unpaired) electrons. The van der Waals surface area contributed by atoms with E-state index in [1.807, 2.05) is 0 Å². The maximum atomic E-state index is 8.71. The van der Waals surface area contributed by atoms with Gasteiger partial charge < -0.3 is 10.8 Å². The molecular weight excluding hydrogens is 126 g/mol. The molecule has 58 valence electrons. The summed E-state index contributed by atoms with van der Waals surface area (Å²) in [6.07, 6.45) is 5.22. The Labute approximate surface area is 61.4 Å². The molecule has 0 unspecified atom stereocenters. The van der Waals surface area contributed by atoms with E-state index >= 15 is 0 Å². The van der Waals surface area contributed by atoms with E-state index in [0.29, 0.717) is 5.41 Å². The quantitative estimate of drug-likeness (QED) is 0.601. The normalized spacial score (nSPS) is 45.6. The van der Waals surface area contributed by atoms with Crippen LogP contribution in [0.3, 0.4) is 0 Å². The van der Waals surface area contributed by atoms with E-state index in [1.54, 1.807) is 0 Å².